The number of nitrogens with one attached hydrogen (secondary N) is 1. The minimum atomic E-state index is -3.56. The van der Waals surface area contributed by atoms with Crippen LogP contribution in [0.5, 0.6) is 0 Å². The van der Waals surface area contributed by atoms with Crippen LogP contribution in [0.15, 0.2) is 33.9 Å². The van der Waals surface area contributed by atoms with Gasteiger partial charge in [-0.05, 0) is 72.8 Å². The topological polar surface area (TPSA) is 72.2 Å². The largest absolute Gasteiger partial charge is 0.398 e. The number of anilines is 1. The third kappa shape index (κ3) is 3.84. The minimum Gasteiger partial charge on any atom is -0.398 e. The van der Waals surface area contributed by atoms with E-state index in [0.29, 0.717) is 17.7 Å². The molecule has 6 heteroatoms. The normalized spacial score (nSPS) is 13.3. The molecule has 0 amide bonds. The van der Waals surface area contributed by atoms with Crippen molar-refractivity contribution in [1.82, 2.24) is 4.72 Å². The van der Waals surface area contributed by atoms with Crippen molar-refractivity contribution in [2.24, 2.45) is 0 Å². The van der Waals surface area contributed by atoms with Crippen LogP contribution in [0.3, 0.4) is 0 Å². The van der Waals surface area contributed by atoms with Crippen molar-refractivity contribution in [3.63, 3.8) is 0 Å². The van der Waals surface area contributed by atoms with Crippen LogP contribution >= 0.6 is 11.3 Å². The number of rotatable bonds is 5. The molecule has 0 fully saturated rings. The number of hydrogen-bond donors (Lipinski definition) is 2. The molecule has 2 rings (SSSR count). The van der Waals surface area contributed by atoms with E-state index in [1.807, 2.05) is 30.7 Å². The van der Waals surface area contributed by atoms with Crippen LogP contribution in [0.2, 0.25) is 0 Å². The fourth-order valence-corrected chi connectivity index (χ4v) is 4.55. The van der Waals surface area contributed by atoms with Gasteiger partial charge in [-0.2, -0.15) is 11.3 Å². The van der Waals surface area contributed by atoms with Gasteiger partial charge >= 0.3 is 0 Å². The number of aryl methyl sites for hydroxylation is 1. The monoisotopic (exact) mass is 324 g/mol. The Labute approximate surface area is 130 Å². The highest BCUT2D eigenvalue weighted by molar-refractivity contribution is 7.89. The second kappa shape index (κ2) is 6.17. The standard InChI is InChI=1S/C15H20N2O2S2/c1-10-6-14(16)12(3)15(7-10)21(18,19)17-11(2)8-13-4-5-20-9-13/h4-7,9,11,17H,8,16H2,1-3H3. The lowest BCUT2D eigenvalue weighted by Gasteiger charge is -2.16. The summed E-state index contributed by atoms with van der Waals surface area (Å²) in [6.45, 7) is 5.43. The van der Waals surface area contributed by atoms with E-state index < -0.39 is 10.0 Å². The second-order valence-electron chi connectivity index (χ2n) is 5.34. The summed E-state index contributed by atoms with van der Waals surface area (Å²) in [5.41, 5.74) is 8.93. The molecule has 1 aromatic heterocycles. The van der Waals surface area contributed by atoms with Gasteiger partial charge in [-0.15, -0.1) is 0 Å². The smallest absolute Gasteiger partial charge is 0.241 e. The van der Waals surface area contributed by atoms with E-state index in [1.54, 1.807) is 30.4 Å². The van der Waals surface area contributed by atoms with E-state index in [0.717, 1.165) is 11.1 Å². The predicted octanol–water partition coefficient (Wildman–Crippen LogP) is 2.86. The van der Waals surface area contributed by atoms with Crippen molar-refractivity contribution in [2.75, 3.05) is 5.73 Å². The molecule has 114 valence electrons. The highest BCUT2D eigenvalue weighted by atomic mass is 32.2. The third-order valence-corrected chi connectivity index (χ3v) is 5.76. The SMILES string of the molecule is Cc1cc(N)c(C)c(S(=O)(=O)NC(C)Cc2ccsc2)c1. The molecule has 0 bridgehead atoms. The maximum absolute atomic E-state index is 12.5. The van der Waals surface area contributed by atoms with Crippen molar-refractivity contribution in [3.8, 4) is 0 Å². The van der Waals surface area contributed by atoms with Gasteiger partial charge in [-0.25, -0.2) is 13.1 Å². The third-order valence-electron chi connectivity index (χ3n) is 3.31. The van der Waals surface area contributed by atoms with E-state index in [-0.39, 0.29) is 10.9 Å². The molecule has 0 saturated heterocycles. The first kappa shape index (κ1) is 16.0. The van der Waals surface area contributed by atoms with Crippen molar-refractivity contribution in [1.29, 1.82) is 0 Å². The quantitative estimate of drug-likeness (QED) is 0.831. The molecule has 21 heavy (non-hydrogen) atoms. The van der Waals surface area contributed by atoms with E-state index in [2.05, 4.69) is 4.72 Å². The molecule has 1 aromatic carbocycles. The Morgan fingerprint density at radius 3 is 2.67 bits per heavy atom. The number of nitrogen functional groups attached to an aromatic ring is 1. The number of thiophene rings is 1. The number of benzene rings is 1. The van der Waals surface area contributed by atoms with Gasteiger partial charge in [0.1, 0.15) is 0 Å². The number of nitrogens with two attached hydrogens (primary N) is 1. The van der Waals surface area contributed by atoms with Crippen LogP contribution in [0, 0.1) is 13.8 Å². The zero-order chi connectivity index (χ0) is 15.6. The lowest BCUT2D eigenvalue weighted by molar-refractivity contribution is 0.559. The summed E-state index contributed by atoms with van der Waals surface area (Å²) < 4.78 is 27.8. The zero-order valence-corrected chi connectivity index (χ0v) is 14.0. The summed E-state index contributed by atoms with van der Waals surface area (Å²) in [7, 11) is -3.56. The van der Waals surface area contributed by atoms with Crippen LogP contribution in [0.25, 0.3) is 0 Å². The fraction of sp³-hybridized carbons (Fsp3) is 0.333. The summed E-state index contributed by atoms with van der Waals surface area (Å²) in [5, 5.41) is 4.02. The molecular formula is C15H20N2O2S2. The molecule has 0 aliphatic heterocycles. The summed E-state index contributed by atoms with van der Waals surface area (Å²) >= 11 is 1.61. The molecule has 2 aromatic rings. The van der Waals surface area contributed by atoms with Gasteiger partial charge in [0, 0.05) is 11.7 Å². The average Bonchev–Trinajstić information content (AvgIpc) is 2.85. The molecule has 0 radical (unpaired) electrons. The Balaban J connectivity index is 2.22. The van der Waals surface area contributed by atoms with Crippen molar-refractivity contribution in [2.45, 2.75) is 38.1 Å². The molecule has 4 nitrogen and oxygen atoms in total. The van der Waals surface area contributed by atoms with Crippen LogP contribution in [0.1, 0.15) is 23.6 Å². The summed E-state index contributed by atoms with van der Waals surface area (Å²) in [6.07, 6.45) is 0.670. The first-order valence-corrected chi connectivity index (χ1v) is 9.12. The Bertz CT molecular complexity index is 722. The molecule has 3 N–H and O–H groups in total. The summed E-state index contributed by atoms with van der Waals surface area (Å²) in [5.74, 6) is 0. The maximum atomic E-state index is 12.5. The zero-order valence-electron chi connectivity index (χ0n) is 12.4. The first-order valence-electron chi connectivity index (χ1n) is 6.69. The van der Waals surface area contributed by atoms with Gasteiger partial charge in [0.05, 0.1) is 4.90 Å². The summed E-state index contributed by atoms with van der Waals surface area (Å²) in [4.78, 5) is 0.261. The molecule has 0 aliphatic carbocycles. The highest BCUT2D eigenvalue weighted by Gasteiger charge is 2.21. The lowest BCUT2D eigenvalue weighted by Crippen LogP contribution is -2.34. The van der Waals surface area contributed by atoms with E-state index >= 15 is 0 Å². The van der Waals surface area contributed by atoms with Crippen LogP contribution < -0.4 is 10.5 Å². The Hall–Kier alpha value is -1.37. The molecular weight excluding hydrogens is 304 g/mol. The average molecular weight is 324 g/mol. The van der Waals surface area contributed by atoms with Gasteiger partial charge in [0.25, 0.3) is 0 Å². The van der Waals surface area contributed by atoms with Crippen LogP contribution in [-0.4, -0.2) is 14.5 Å². The Kier molecular flexibility index (Phi) is 4.70. The van der Waals surface area contributed by atoms with Gasteiger partial charge in [-0.3, -0.25) is 0 Å². The number of hydrogen-bond acceptors (Lipinski definition) is 4. The number of sulfonamides is 1. The molecule has 1 unspecified atom stereocenters. The van der Waals surface area contributed by atoms with Crippen LogP contribution in [-0.2, 0) is 16.4 Å². The predicted molar refractivity (Wildman–Crippen MR) is 88.1 cm³/mol. The van der Waals surface area contributed by atoms with E-state index in [4.69, 9.17) is 5.73 Å². The Morgan fingerprint density at radius 1 is 1.33 bits per heavy atom. The van der Waals surface area contributed by atoms with Gasteiger partial charge in [0.15, 0.2) is 0 Å². The fourth-order valence-electron chi connectivity index (χ4n) is 2.26. The van der Waals surface area contributed by atoms with Gasteiger partial charge in [0.2, 0.25) is 10.0 Å². The van der Waals surface area contributed by atoms with E-state index in [1.165, 1.54) is 0 Å². The molecule has 1 heterocycles. The highest BCUT2D eigenvalue weighted by Crippen LogP contribution is 2.23. The summed E-state index contributed by atoms with van der Waals surface area (Å²) in [6, 6.07) is 5.27. The van der Waals surface area contributed by atoms with Gasteiger partial charge in [-0.1, -0.05) is 0 Å². The van der Waals surface area contributed by atoms with Gasteiger partial charge < -0.3 is 5.73 Å². The minimum absolute atomic E-state index is 0.175. The van der Waals surface area contributed by atoms with Crippen molar-refractivity contribution >= 4 is 27.0 Å². The molecule has 0 spiro atoms. The van der Waals surface area contributed by atoms with E-state index in [9.17, 15) is 8.42 Å². The van der Waals surface area contributed by atoms with Crippen molar-refractivity contribution in [3.05, 3.63) is 45.6 Å². The lowest BCUT2D eigenvalue weighted by atomic mass is 10.1. The molecule has 0 aliphatic rings. The molecule has 1 atom stereocenters. The Morgan fingerprint density at radius 2 is 2.05 bits per heavy atom. The first-order chi connectivity index (χ1) is 9.79. The molecule has 0 saturated carbocycles. The van der Waals surface area contributed by atoms with Crippen molar-refractivity contribution < 1.29 is 8.42 Å². The second-order valence-corrected chi connectivity index (χ2v) is 7.80. The maximum Gasteiger partial charge on any atom is 0.241 e. The van der Waals surface area contributed by atoms with Crippen LogP contribution in [0.4, 0.5) is 5.69 Å².